The third-order valence-electron chi connectivity index (χ3n) is 4.08. The second-order valence-corrected chi connectivity index (χ2v) is 5.97. The van der Waals surface area contributed by atoms with E-state index in [9.17, 15) is 4.79 Å². The van der Waals surface area contributed by atoms with Crippen molar-refractivity contribution in [2.24, 2.45) is 0 Å². The molecule has 3 rings (SSSR count). The van der Waals surface area contributed by atoms with Crippen molar-refractivity contribution in [3.05, 3.63) is 29.3 Å². The summed E-state index contributed by atoms with van der Waals surface area (Å²) in [7, 11) is 0. The van der Waals surface area contributed by atoms with Gasteiger partial charge in [0.05, 0.1) is 5.92 Å². The van der Waals surface area contributed by atoms with E-state index in [4.69, 9.17) is 0 Å². The van der Waals surface area contributed by atoms with E-state index in [0.29, 0.717) is 5.91 Å². The number of nitrogens with zero attached hydrogens (tertiary/aromatic N) is 1. The number of benzene rings is 1. The number of unbranched alkanes of at least 4 members (excludes halogenated alkanes) is 1. The quantitative estimate of drug-likeness (QED) is 0.614. The average molecular weight is 308 g/mol. The van der Waals surface area contributed by atoms with Gasteiger partial charge in [-0.15, -0.1) is 0 Å². The zero-order chi connectivity index (χ0) is 12.5. The summed E-state index contributed by atoms with van der Waals surface area (Å²) in [5, 5.41) is 1.02. The van der Waals surface area contributed by atoms with E-state index in [1.165, 1.54) is 16.8 Å². The molecule has 1 aromatic rings. The lowest BCUT2D eigenvalue weighted by Crippen LogP contribution is -2.30. The SMILES string of the molecule is O=C1[C@H]2CCCc3cccc(c32)N1CCCCBr. The molecular formula is C15H18BrNO. The molecule has 0 spiro atoms. The van der Waals surface area contributed by atoms with E-state index in [1.54, 1.807) is 0 Å². The molecule has 0 aromatic heterocycles. The minimum Gasteiger partial charge on any atom is -0.312 e. The summed E-state index contributed by atoms with van der Waals surface area (Å²) in [6, 6.07) is 6.42. The van der Waals surface area contributed by atoms with Crippen LogP contribution in [0.2, 0.25) is 0 Å². The largest absolute Gasteiger partial charge is 0.312 e. The molecule has 1 heterocycles. The van der Waals surface area contributed by atoms with Crippen LogP contribution in [0.3, 0.4) is 0 Å². The minimum atomic E-state index is 0.161. The van der Waals surface area contributed by atoms with Gasteiger partial charge in [-0.05, 0) is 49.3 Å². The lowest BCUT2D eigenvalue weighted by Gasteiger charge is -2.18. The summed E-state index contributed by atoms with van der Waals surface area (Å²) in [5.74, 6) is 0.501. The smallest absolute Gasteiger partial charge is 0.234 e. The van der Waals surface area contributed by atoms with E-state index < -0.39 is 0 Å². The van der Waals surface area contributed by atoms with Gasteiger partial charge in [0.1, 0.15) is 0 Å². The van der Waals surface area contributed by atoms with Gasteiger partial charge in [0, 0.05) is 17.6 Å². The Morgan fingerprint density at radius 2 is 2.22 bits per heavy atom. The van der Waals surface area contributed by atoms with E-state index in [2.05, 4.69) is 34.1 Å². The zero-order valence-electron chi connectivity index (χ0n) is 10.5. The maximum absolute atomic E-state index is 12.5. The topological polar surface area (TPSA) is 20.3 Å². The number of carbonyl (C=O) groups is 1. The number of rotatable bonds is 4. The van der Waals surface area contributed by atoms with Crippen LogP contribution in [0.25, 0.3) is 0 Å². The molecule has 0 N–H and O–H groups in total. The summed E-state index contributed by atoms with van der Waals surface area (Å²) >= 11 is 3.45. The standard InChI is InChI=1S/C15H18BrNO/c16-9-1-2-10-17-13-8-4-6-11-5-3-7-12(14(11)13)15(17)18/h4,6,8,12H,1-3,5,7,9-10H2/t12-/m0/s1. The summed E-state index contributed by atoms with van der Waals surface area (Å²) in [5.41, 5.74) is 3.93. The molecule has 0 unspecified atom stereocenters. The monoisotopic (exact) mass is 307 g/mol. The highest BCUT2D eigenvalue weighted by molar-refractivity contribution is 9.09. The lowest BCUT2D eigenvalue weighted by molar-refractivity contribution is -0.119. The maximum Gasteiger partial charge on any atom is 0.234 e. The number of anilines is 1. The van der Waals surface area contributed by atoms with E-state index in [1.807, 2.05) is 4.90 Å². The number of alkyl halides is 1. The molecule has 18 heavy (non-hydrogen) atoms. The molecule has 2 aliphatic rings. The predicted molar refractivity (Wildman–Crippen MR) is 77.5 cm³/mol. The van der Waals surface area contributed by atoms with Crippen molar-refractivity contribution >= 4 is 27.5 Å². The number of halogens is 1. The predicted octanol–water partition coefficient (Wildman–Crippen LogP) is 3.63. The van der Waals surface area contributed by atoms with Gasteiger partial charge >= 0.3 is 0 Å². The fourth-order valence-electron chi connectivity index (χ4n) is 3.24. The Balaban J connectivity index is 1.91. The normalized spacial score (nSPS) is 21.3. The van der Waals surface area contributed by atoms with Crippen molar-refractivity contribution in [3.8, 4) is 0 Å². The molecule has 1 atom stereocenters. The Bertz CT molecular complexity index is 472. The third-order valence-corrected chi connectivity index (χ3v) is 4.64. The van der Waals surface area contributed by atoms with Crippen LogP contribution in [0.1, 0.15) is 42.7 Å². The number of carbonyl (C=O) groups excluding carboxylic acids is 1. The van der Waals surface area contributed by atoms with E-state index >= 15 is 0 Å². The van der Waals surface area contributed by atoms with Gasteiger partial charge in [-0.2, -0.15) is 0 Å². The van der Waals surface area contributed by atoms with Crippen LogP contribution in [-0.2, 0) is 11.2 Å². The van der Waals surface area contributed by atoms with E-state index in [0.717, 1.165) is 44.0 Å². The molecule has 1 amide bonds. The Labute approximate surface area is 116 Å². The summed E-state index contributed by atoms with van der Waals surface area (Å²) in [6.07, 6.45) is 5.54. The van der Waals surface area contributed by atoms with Crippen LogP contribution in [0.4, 0.5) is 5.69 Å². The van der Waals surface area contributed by atoms with Crippen LogP contribution in [0.5, 0.6) is 0 Å². The fourth-order valence-corrected chi connectivity index (χ4v) is 3.64. The molecule has 0 saturated heterocycles. The Morgan fingerprint density at radius 1 is 1.33 bits per heavy atom. The van der Waals surface area contributed by atoms with Crippen molar-refractivity contribution in [2.45, 2.75) is 38.0 Å². The Kier molecular flexibility index (Phi) is 3.42. The first kappa shape index (κ1) is 12.2. The Morgan fingerprint density at radius 3 is 3.06 bits per heavy atom. The number of hydrogen-bond acceptors (Lipinski definition) is 1. The van der Waals surface area contributed by atoms with Crippen LogP contribution in [0, 0.1) is 0 Å². The van der Waals surface area contributed by atoms with Gasteiger partial charge < -0.3 is 4.90 Å². The molecule has 0 radical (unpaired) electrons. The van der Waals surface area contributed by atoms with Gasteiger partial charge in [0.2, 0.25) is 5.91 Å². The fraction of sp³-hybridized carbons (Fsp3) is 0.533. The van der Waals surface area contributed by atoms with Crippen LogP contribution in [-0.4, -0.2) is 17.8 Å². The highest BCUT2D eigenvalue weighted by atomic mass is 79.9. The molecule has 1 aliphatic heterocycles. The molecular weight excluding hydrogens is 290 g/mol. The molecule has 1 aromatic carbocycles. The maximum atomic E-state index is 12.5. The van der Waals surface area contributed by atoms with Gasteiger partial charge in [-0.25, -0.2) is 0 Å². The van der Waals surface area contributed by atoms with E-state index in [-0.39, 0.29) is 5.92 Å². The summed E-state index contributed by atoms with van der Waals surface area (Å²) < 4.78 is 0. The lowest BCUT2D eigenvalue weighted by atomic mass is 9.84. The van der Waals surface area contributed by atoms with Crippen molar-refractivity contribution in [2.75, 3.05) is 16.8 Å². The zero-order valence-corrected chi connectivity index (χ0v) is 12.1. The van der Waals surface area contributed by atoms with Crippen molar-refractivity contribution in [1.29, 1.82) is 0 Å². The second kappa shape index (κ2) is 5.04. The van der Waals surface area contributed by atoms with Gasteiger partial charge in [-0.1, -0.05) is 28.1 Å². The minimum absolute atomic E-state index is 0.161. The van der Waals surface area contributed by atoms with Crippen LogP contribution in [0.15, 0.2) is 18.2 Å². The average Bonchev–Trinajstić information content (AvgIpc) is 2.67. The molecule has 96 valence electrons. The van der Waals surface area contributed by atoms with Gasteiger partial charge in [0.25, 0.3) is 0 Å². The first-order chi connectivity index (χ1) is 8.83. The molecule has 2 nitrogen and oxygen atoms in total. The van der Waals surface area contributed by atoms with Gasteiger partial charge in [-0.3, -0.25) is 4.79 Å². The highest BCUT2D eigenvalue weighted by Crippen LogP contribution is 2.45. The highest BCUT2D eigenvalue weighted by Gasteiger charge is 2.39. The Hall–Kier alpha value is -0.830. The van der Waals surface area contributed by atoms with Crippen LogP contribution < -0.4 is 4.90 Å². The van der Waals surface area contributed by atoms with Crippen molar-refractivity contribution < 1.29 is 4.79 Å². The van der Waals surface area contributed by atoms with Gasteiger partial charge in [0.15, 0.2) is 0 Å². The molecule has 0 saturated carbocycles. The number of amides is 1. The van der Waals surface area contributed by atoms with Crippen LogP contribution >= 0.6 is 15.9 Å². The summed E-state index contributed by atoms with van der Waals surface area (Å²) in [4.78, 5) is 14.5. The van der Waals surface area contributed by atoms with Crippen molar-refractivity contribution in [1.82, 2.24) is 0 Å². The first-order valence-corrected chi connectivity index (χ1v) is 7.94. The first-order valence-electron chi connectivity index (χ1n) is 6.82. The second-order valence-electron chi connectivity index (χ2n) is 5.18. The summed E-state index contributed by atoms with van der Waals surface area (Å²) in [6.45, 7) is 0.872. The molecule has 0 fully saturated rings. The number of aryl methyl sites for hydroxylation is 1. The van der Waals surface area contributed by atoms with Crippen molar-refractivity contribution in [3.63, 3.8) is 0 Å². The molecule has 0 bridgehead atoms. The molecule has 3 heteroatoms. The number of hydrogen-bond donors (Lipinski definition) is 0. The molecule has 1 aliphatic carbocycles. The third kappa shape index (κ3) is 1.89.